The van der Waals surface area contributed by atoms with Crippen LogP contribution in [0.3, 0.4) is 0 Å². The SMILES string of the molecule is CCn1cc(NC(=O)N(C)Cc2cccnc2)nn1. The van der Waals surface area contributed by atoms with Crippen LogP contribution in [0.5, 0.6) is 0 Å². The highest BCUT2D eigenvalue weighted by Gasteiger charge is 2.11. The number of urea groups is 1. The molecule has 2 rings (SSSR count). The number of pyridine rings is 1. The van der Waals surface area contributed by atoms with Crippen molar-refractivity contribution < 1.29 is 4.79 Å². The molecule has 0 bridgehead atoms. The monoisotopic (exact) mass is 260 g/mol. The smallest absolute Gasteiger partial charge is 0.323 e. The van der Waals surface area contributed by atoms with E-state index in [4.69, 9.17) is 0 Å². The van der Waals surface area contributed by atoms with E-state index in [0.29, 0.717) is 18.9 Å². The first-order valence-electron chi connectivity index (χ1n) is 6.00. The molecule has 0 atom stereocenters. The molecule has 7 nitrogen and oxygen atoms in total. The maximum absolute atomic E-state index is 11.9. The normalized spacial score (nSPS) is 10.2. The molecule has 2 heterocycles. The Morgan fingerprint density at radius 3 is 3.00 bits per heavy atom. The summed E-state index contributed by atoms with van der Waals surface area (Å²) < 4.78 is 1.65. The number of nitrogens with zero attached hydrogens (tertiary/aromatic N) is 5. The zero-order chi connectivity index (χ0) is 13.7. The predicted molar refractivity (Wildman–Crippen MR) is 70.4 cm³/mol. The van der Waals surface area contributed by atoms with Crippen LogP contribution in [0, 0.1) is 0 Å². The molecule has 2 aromatic rings. The van der Waals surface area contributed by atoms with Gasteiger partial charge in [-0.1, -0.05) is 11.3 Å². The highest BCUT2D eigenvalue weighted by atomic mass is 16.2. The van der Waals surface area contributed by atoms with Crippen LogP contribution in [0.15, 0.2) is 30.7 Å². The Labute approximate surface area is 111 Å². The minimum Gasteiger partial charge on any atom is -0.323 e. The second kappa shape index (κ2) is 5.94. The summed E-state index contributed by atoms with van der Waals surface area (Å²) in [4.78, 5) is 17.5. The summed E-state index contributed by atoms with van der Waals surface area (Å²) in [7, 11) is 1.71. The van der Waals surface area contributed by atoms with E-state index in [1.165, 1.54) is 0 Å². The summed E-state index contributed by atoms with van der Waals surface area (Å²) in [5.41, 5.74) is 0.970. The highest BCUT2D eigenvalue weighted by molar-refractivity contribution is 5.87. The fraction of sp³-hybridized carbons (Fsp3) is 0.333. The van der Waals surface area contributed by atoms with Gasteiger partial charge < -0.3 is 4.90 Å². The molecule has 2 aromatic heterocycles. The lowest BCUT2D eigenvalue weighted by atomic mass is 10.3. The Hall–Kier alpha value is -2.44. The van der Waals surface area contributed by atoms with Crippen LogP contribution in [0.1, 0.15) is 12.5 Å². The molecule has 100 valence electrons. The molecule has 2 amide bonds. The van der Waals surface area contributed by atoms with Crippen molar-refractivity contribution >= 4 is 11.8 Å². The molecule has 0 aliphatic heterocycles. The molecule has 0 aliphatic carbocycles. The van der Waals surface area contributed by atoms with Crippen LogP contribution in [0.25, 0.3) is 0 Å². The predicted octanol–water partition coefficient (Wildman–Crippen LogP) is 1.36. The van der Waals surface area contributed by atoms with Crippen LogP contribution in [-0.4, -0.2) is 38.0 Å². The molecule has 0 aliphatic rings. The number of hydrogen-bond donors (Lipinski definition) is 1. The van der Waals surface area contributed by atoms with E-state index in [9.17, 15) is 4.79 Å². The zero-order valence-corrected chi connectivity index (χ0v) is 10.9. The van der Waals surface area contributed by atoms with Crippen LogP contribution in [-0.2, 0) is 13.1 Å². The van der Waals surface area contributed by atoms with E-state index in [-0.39, 0.29) is 6.03 Å². The Morgan fingerprint density at radius 1 is 1.53 bits per heavy atom. The first-order valence-corrected chi connectivity index (χ1v) is 6.00. The van der Waals surface area contributed by atoms with Crippen LogP contribution in [0.2, 0.25) is 0 Å². The van der Waals surface area contributed by atoms with Crippen molar-refractivity contribution in [3.8, 4) is 0 Å². The number of aromatic nitrogens is 4. The van der Waals surface area contributed by atoms with Gasteiger partial charge in [0.25, 0.3) is 0 Å². The number of amides is 2. The van der Waals surface area contributed by atoms with Gasteiger partial charge in [0.1, 0.15) is 0 Å². The standard InChI is InChI=1S/C12H16N6O/c1-3-18-9-11(15-16-18)14-12(19)17(2)8-10-5-4-6-13-7-10/h4-7,9H,3,8H2,1-2H3,(H,14,19). The number of carbonyl (C=O) groups is 1. The summed E-state index contributed by atoms with van der Waals surface area (Å²) in [6.07, 6.45) is 5.12. The van der Waals surface area contributed by atoms with Gasteiger partial charge in [-0.25, -0.2) is 4.79 Å². The summed E-state index contributed by atoms with van der Waals surface area (Å²) in [5, 5.41) is 10.4. The van der Waals surface area contributed by atoms with Gasteiger partial charge in [0, 0.05) is 32.5 Å². The Balaban J connectivity index is 1.92. The minimum atomic E-state index is -0.230. The molecule has 0 aromatic carbocycles. The van der Waals surface area contributed by atoms with Gasteiger partial charge in [-0.3, -0.25) is 15.0 Å². The van der Waals surface area contributed by atoms with Gasteiger partial charge in [0.05, 0.1) is 6.20 Å². The van der Waals surface area contributed by atoms with E-state index < -0.39 is 0 Å². The summed E-state index contributed by atoms with van der Waals surface area (Å²) >= 11 is 0. The van der Waals surface area contributed by atoms with Crippen molar-refractivity contribution in [2.75, 3.05) is 12.4 Å². The van der Waals surface area contributed by atoms with Crippen LogP contribution < -0.4 is 5.32 Å². The lowest BCUT2D eigenvalue weighted by Crippen LogP contribution is -2.31. The van der Waals surface area contributed by atoms with Crippen molar-refractivity contribution in [1.29, 1.82) is 0 Å². The molecule has 1 N–H and O–H groups in total. The number of carbonyl (C=O) groups excluding carboxylic acids is 1. The largest absolute Gasteiger partial charge is 0.323 e. The van der Waals surface area contributed by atoms with Crippen LogP contribution >= 0.6 is 0 Å². The van der Waals surface area contributed by atoms with Gasteiger partial charge in [0.15, 0.2) is 5.82 Å². The summed E-state index contributed by atoms with van der Waals surface area (Å²) in [6, 6.07) is 3.53. The number of rotatable bonds is 4. The molecule has 0 saturated carbocycles. The average molecular weight is 260 g/mol. The van der Waals surface area contributed by atoms with Gasteiger partial charge >= 0.3 is 6.03 Å². The molecular formula is C12H16N6O. The fourth-order valence-corrected chi connectivity index (χ4v) is 1.55. The van der Waals surface area contributed by atoms with E-state index in [0.717, 1.165) is 5.56 Å². The maximum Gasteiger partial charge on any atom is 0.323 e. The summed E-state index contributed by atoms with van der Waals surface area (Å²) in [6.45, 7) is 3.16. The molecule has 0 fully saturated rings. The first kappa shape index (κ1) is 13.0. The highest BCUT2D eigenvalue weighted by Crippen LogP contribution is 2.05. The third kappa shape index (κ3) is 3.51. The number of nitrogens with one attached hydrogen (secondary N) is 1. The molecule has 19 heavy (non-hydrogen) atoms. The maximum atomic E-state index is 11.9. The molecule has 7 heteroatoms. The van der Waals surface area contributed by atoms with Gasteiger partial charge in [0.2, 0.25) is 0 Å². The number of aryl methyl sites for hydroxylation is 1. The van der Waals surface area contributed by atoms with Gasteiger partial charge in [-0.2, -0.15) is 0 Å². The molecule has 0 saturated heterocycles. The Morgan fingerprint density at radius 2 is 2.37 bits per heavy atom. The second-order valence-electron chi connectivity index (χ2n) is 4.11. The third-order valence-corrected chi connectivity index (χ3v) is 2.59. The van der Waals surface area contributed by atoms with Crippen molar-refractivity contribution in [2.24, 2.45) is 0 Å². The van der Waals surface area contributed by atoms with E-state index in [1.54, 1.807) is 35.2 Å². The molecular weight excluding hydrogens is 244 g/mol. The average Bonchev–Trinajstić information content (AvgIpc) is 2.87. The van der Waals surface area contributed by atoms with E-state index in [1.807, 2.05) is 19.1 Å². The Kier molecular flexibility index (Phi) is 4.07. The molecule has 0 unspecified atom stereocenters. The van der Waals surface area contributed by atoms with E-state index >= 15 is 0 Å². The topological polar surface area (TPSA) is 75.9 Å². The number of anilines is 1. The van der Waals surface area contributed by atoms with Crippen molar-refractivity contribution in [2.45, 2.75) is 20.0 Å². The van der Waals surface area contributed by atoms with Gasteiger partial charge in [-0.05, 0) is 18.6 Å². The van der Waals surface area contributed by atoms with Crippen molar-refractivity contribution in [3.05, 3.63) is 36.3 Å². The van der Waals surface area contributed by atoms with Gasteiger partial charge in [-0.15, -0.1) is 5.10 Å². The quantitative estimate of drug-likeness (QED) is 0.900. The number of hydrogen-bond acceptors (Lipinski definition) is 4. The lowest BCUT2D eigenvalue weighted by molar-refractivity contribution is 0.220. The lowest BCUT2D eigenvalue weighted by Gasteiger charge is -2.16. The fourth-order valence-electron chi connectivity index (χ4n) is 1.55. The first-order chi connectivity index (χ1) is 9.19. The van der Waals surface area contributed by atoms with Crippen molar-refractivity contribution in [1.82, 2.24) is 24.9 Å². The van der Waals surface area contributed by atoms with Crippen LogP contribution in [0.4, 0.5) is 10.6 Å². The van der Waals surface area contributed by atoms with Crippen molar-refractivity contribution in [3.63, 3.8) is 0 Å². The molecule has 0 spiro atoms. The molecule has 0 radical (unpaired) electrons. The minimum absolute atomic E-state index is 0.230. The zero-order valence-electron chi connectivity index (χ0n) is 10.9. The Bertz CT molecular complexity index is 538. The summed E-state index contributed by atoms with van der Waals surface area (Å²) in [5.74, 6) is 0.449. The second-order valence-corrected chi connectivity index (χ2v) is 4.11. The third-order valence-electron chi connectivity index (χ3n) is 2.59. The van der Waals surface area contributed by atoms with E-state index in [2.05, 4.69) is 20.6 Å².